The third-order valence-electron chi connectivity index (χ3n) is 8.64. The first kappa shape index (κ1) is 18.4. The summed E-state index contributed by atoms with van der Waals surface area (Å²) in [5.41, 5.74) is 0.125. The maximum atomic E-state index is 12.8. The lowest BCUT2D eigenvalue weighted by Crippen LogP contribution is -2.43. The Morgan fingerprint density at radius 1 is 0.963 bits per heavy atom. The molecule has 4 heteroatoms. The highest BCUT2D eigenvalue weighted by molar-refractivity contribution is 5.78. The monoisotopic (exact) mass is 374 g/mol. The van der Waals surface area contributed by atoms with E-state index in [1.165, 1.54) is 77.2 Å². The molecular formula is C23H38N2O2. The second-order valence-corrected chi connectivity index (χ2v) is 10.2. The highest BCUT2D eigenvalue weighted by atomic mass is 16.5. The van der Waals surface area contributed by atoms with Gasteiger partial charge in [0.1, 0.15) is 0 Å². The lowest BCUT2D eigenvalue weighted by molar-refractivity contribution is -0.125. The van der Waals surface area contributed by atoms with Gasteiger partial charge in [-0.2, -0.15) is 0 Å². The third kappa shape index (κ3) is 3.46. The van der Waals surface area contributed by atoms with Gasteiger partial charge in [0.2, 0.25) is 5.91 Å². The third-order valence-corrected chi connectivity index (χ3v) is 8.64. The molecule has 5 aliphatic rings. The first-order chi connectivity index (χ1) is 13.3. The van der Waals surface area contributed by atoms with E-state index in [0.717, 1.165) is 32.0 Å². The number of carbonyl (C=O) groups excluding carboxylic acids is 1. The minimum Gasteiger partial charge on any atom is -0.370 e. The standard InChI is InChI=1S/C23H38N2O2/c26-22(17-8-4-1-2-5-9-17)24-14-19-20-15-25(18-10-6-3-7-11-18)16-23(20)13-12-21(19)27-23/h17-21H,1-16H2,(H,24,26)/t19-,20+,21+,23+/m0/s1. The van der Waals surface area contributed by atoms with Crippen LogP contribution in [-0.2, 0) is 9.53 Å². The number of carbonyl (C=O) groups is 1. The maximum absolute atomic E-state index is 12.8. The molecule has 1 spiro atoms. The Kier molecular flexibility index (Phi) is 5.23. The molecule has 5 fully saturated rings. The van der Waals surface area contributed by atoms with Crippen LogP contribution in [0.2, 0.25) is 0 Å². The van der Waals surface area contributed by atoms with E-state index in [-0.39, 0.29) is 11.5 Å². The van der Waals surface area contributed by atoms with Gasteiger partial charge in [-0.05, 0) is 38.5 Å². The predicted octanol–water partition coefficient (Wildman–Crippen LogP) is 3.89. The molecule has 0 aromatic carbocycles. The zero-order valence-corrected chi connectivity index (χ0v) is 17.0. The van der Waals surface area contributed by atoms with Crippen LogP contribution < -0.4 is 5.32 Å². The van der Waals surface area contributed by atoms with Crippen molar-refractivity contribution < 1.29 is 9.53 Å². The molecule has 2 bridgehead atoms. The number of fused-ring (bicyclic) bond motifs is 1. The SMILES string of the molecule is O=C(NC[C@H]1[C@H]2CN(C3CCCCC3)C[C@]23CC[C@H]1O3)C1CCCCCC1. The van der Waals surface area contributed by atoms with Crippen molar-refractivity contribution in [2.24, 2.45) is 17.8 Å². The van der Waals surface area contributed by atoms with Gasteiger partial charge < -0.3 is 10.1 Å². The molecule has 3 heterocycles. The van der Waals surface area contributed by atoms with Crippen molar-refractivity contribution in [1.29, 1.82) is 0 Å². The van der Waals surface area contributed by atoms with Gasteiger partial charge in [-0.15, -0.1) is 0 Å². The second kappa shape index (κ2) is 7.67. The van der Waals surface area contributed by atoms with Gasteiger partial charge in [0, 0.05) is 43.4 Å². The minimum atomic E-state index is 0.125. The summed E-state index contributed by atoms with van der Waals surface area (Å²) in [4.78, 5) is 15.5. The van der Waals surface area contributed by atoms with Gasteiger partial charge >= 0.3 is 0 Å². The largest absolute Gasteiger partial charge is 0.370 e. The van der Waals surface area contributed by atoms with Crippen molar-refractivity contribution in [3.63, 3.8) is 0 Å². The molecular weight excluding hydrogens is 336 g/mol. The van der Waals surface area contributed by atoms with Gasteiger partial charge in [-0.1, -0.05) is 44.9 Å². The smallest absolute Gasteiger partial charge is 0.223 e. The highest BCUT2D eigenvalue weighted by Crippen LogP contribution is 2.55. The Balaban J connectivity index is 1.20. The van der Waals surface area contributed by atoms with E-state index in [1.807, 2.05) is 0 Å². The van der Waals surface area contributed by atoms with Crippen LogP contribution in [-0.4, -0.2) is 48.2 Å². The van der Waals surface area contributed by atoms with Crippen LogP contribution in [0.4, 0.5) is 0 Å². The van der Waals surface area contributed by atoms with Crippen molar-refractivity contribution in [1.82, 2.24) is 10.2 Å². The van der Waals surface area contributed by atoms with E-state index in [0.29, 0.717) is 23.8 Å². The summed E-state index contributed by atoms with van der Waals surface area (Å²) < 4.78 is 6.62. The van der Waals surface area contributed by atoms with Gasteiger partial charge in [0.05, 0.1) is 11.7 Å². The number of hydrogen-bond donors (Lipinski definition) is 1. The second-order valence-electron chi connectivity index (χ2n) is 10.2. The first-order valence-electron chi connectivity index (χ1n) is 11.9. The van der Waals surface area contributed by atoms with Crippen LogP contribution in [0.15, 0.2) is 0 Å². The Bertz CT molecular complexity index is 538. The van der Waals surface area contributed by atoms with Crippen molar-refractivity contribution in [3.05, 3.63) is 0 Å². The number of nitrogens with one attached hydrogen (secondary N) is 1. The Morgan fingerprint density at radius 3 is 2.44 bits per heavy atom. The van der Waals surface area contributed by atoms with E-state index < -0.39 is 0 Å². The fourth-order valence-corrected chi connectivity index (χ4v) is 7.13. The molecule has 1 amide bonds. The molecule has 4 nitrogen and oxygen atoms in total. The molecule has 2 saturated carbocycles. The molecule has 4 atom stereocenters. The number of hydrogen-bond acceptors (Lipinski definition) is 3. The first-order valence-corrected chi connectivity index (χ1v) is 11.9. The van der Waals surface area contributed by atoms with Crippen molar-refractivity contribution in [3.8, 4) is 0 Å². The lowest BCUT2D eigenvalue weighted by atomic mass is 9.73. The molecule has 0 aromatic rings. The van der Waals surface area contributed by atoms with E-state index in [4.69, 9.17) is 4.74 Å². The van der Waals surface area contributed by atoms with Crippen LogP contribution in [0.25, 0.3) is 0 Å². The topological polar surface area (TPSA) is 41.6 Å². The van der Waals surface area contributed by atoms with Crippen LogP contribution >= 0.6 is 0 Å². The Labute approximate surface area is 164 Å². The van der Waals surface area contributed by atoms with Crippen LogP contribution in [0.5, 0.6) is 0 Å². The Morgan fingerprint density at radius 2 is 1.67 bits per heavy atom. The summed E-state index contributed by atoms with van der Waals surface area (Å²) in [5, 5.41) is 3.37. The average molecular weight is 375 g/mol. The normalized spacial score (nSPS) is 40.8. The lowest BCUT2D eigenvalue weighted by Gasteiger charge is -2.32. The molecule has 3 aliphatic heterocycles. The molecule has 2 aliphatic carbocycles. The predicted molar refractivity (Wildman–Crippen MR) is 106 cm³/mol. The summed E-state index contributed by atoms with van der Waals surface area (Å²) >= 11 is 0. The highest BCUT2D eigenvalue weighted by Gasteiger charge is 2.63. The van der Waals surface area contributed by atoms with Gasteiger partial charge in [-0.25, -0.2) is 0 Å². The van der Waals surface area contributed by atoms with Crippen molar-refractivity contribution in [2.45, 2.75) is 101 Å². The van der Waals surface area contributed by atoms with Crippen molar-refractivity contribution in [2.75, 3.05) is 19.6 Å². The number of ether oxygens (including phenoxy) is 1. The Hall–Kier alpha value is -0.610. The van der Waals surface area contributed by atoms with Gasteiger partial charge in [0.25, 0.3) is 0 Å². The molecule has 27 heavy (non-hydrogen) atoms. The molecule has 152 valence electrons. The van der Waals surface area contributed by atoms with Gasteiger partial charge in [0.15, 0.2) is 0 Å². The number of nitrogens with zero attached hydrogens (tertiary/aromatic N) is 1. The maximum Gasteiger partial charge on any atom is 0.223 e. The summed E-state index contributed by atoms with van der Waals surface area (Å²) in [6.45, 7) is 3.22. The zero-order chi connectivity index (χ0) is 18.3. The van der Waals surface area contributed by atoms with Gasteiger partial charge in [-0.3, -0.25) is 9.69 Å². The molecule has 1 N–H and O–H groups in total. The molecule has 3 saturated heterocycles. The minimum absolute atomic E-state index is 0.125. The fourth-order valence-electron chi connectivity index (χ4n) is 7.13. The summed E-state index contributed by atoms with van der Waals surface area (Å²) in [6, 6.07) is 0.794. The molecule has 5 rings (SSSR count). The summed E-state index contributed by atoms with van der Waals surface area (Å²) in [7, 11) is 0. The molecule has 0 radical (unpaired) electrons. The van der Waals surface area contributed by atoms with Crippen LogP contribution in [0.3, 0.4) is 0 Å². The summed E-state index contributed by atoms with van der Waals surface area (Å²) in [6.07, 6.45) is 17.1. The number of likely N-dealkylation sites (tertiary alicyclic amines) is 1. The van der Waals surface area contributed by atoms with Crippen LogP contribution in [0, 0.1) is 17.8 Å². The van der Waals surface area contributed by atoms with E-state index in [1.54, 1.807) is 0 Å². The van der Waals surface area contributed by atoms with E-state index >= 15 is 0 Å². The van der Waals surface area contributed by atoms with E-state index in [2.05, 4.69) is 10.2 Å². The number of amides is 1. The van der Waals surface area contributed by atoms with E-state index in [9.17, 15) is 4.79 Å². The molecule has 0 unspecified atom stereocenters. The fraction of sp³-hybridized carbons (Fsp3) is 0.957. The summed E-state index contributed by atoms with van der Waals surface area (Å²) in [5.74, 6) is 1.79. The zero-order valence-electron chi connectivity index (χ0n) is 17.0. The average Bonchev–Trinajstić information content (AvgIpc) is 3.28. The molecule has 0 aromatic heterocycles. The quantitative estimate of drug-likeness (QED) is 0.759. The number of rotatable bonds is 4. The van der Waals surface area contributed by atoms with Crippen LogP contribution in [0.1, 0.15) is 83.5 Å². The van der Waals surface area contributed by atoms with Crippen molar-refractivity contribution >= 4 is 5.91 Å².